The van der Waals surface area contributed by atoms with Crippen molar-refractivity contribution >= 4 is 29.1 Å². The van der Waals surface area contributed by atoms with Crippen LogP contribution in [0.2, 0.25) is 5.02 Å². The first-order chi connectivity index (χ1) is 10.6. The number of hydrogen-bond acceptors (Lipinski definition) is 3. The third-order valence-corrected chi connectivity index (χ3v) is 4.15. The molecule has 1 aliphatic heterocycles. The Morgan fingerprint density at radius 3 is 2.68 bits per heavy atom. The van der Waals surface area contributed by atoms with E-state index in [9.17, 15) is 9.59 Å². The summed E-state index contributed by atoms with van der Waals surface area (Å²) in [6.07, 6.45) is 0.710. The lowest BCUT2D eigenvalue weighted by Gasteiger charge is -2.19. The Morgan fingerprint density at radius 1 is 1.36 bits per heavy atom. The predicted molar refractivity (Wildman–Crippen MR) is 86.3 cm³/mol. The van der Waals surface area contributed by atoms with Crippen molar-refractivity contribution in [1.29, 1.82) is 0 Å². The molecule has 1 aromatic rings. The molecule has 0 spiro atoms. The second kappa shape index (κ2) is 7.61. The molecule has 1 aromatic carbocycles. The van der Waals surface area contributed by atoms with Gasteiger partial charge in [0.2, 0.25) is 5.91 Å². The molecule has 0 unspecified atom stereocenters. The smallest absolute Gasteiger partial charge is 0.253 e. The molecule has 0 radical (unpaired) electrons. The van der Waals surface area contributed by atoms with Gasteiger partial charge in [-0.25, -0.2) is 0 Å². The highest BCUT2D eigenvalue weighted by Gasteiger charge is 2.24. The summed E-state index contributed by atoms with van der Waals surface area (Å²) >= 11 is 6.13. The highest BCUT2D eigenvalue weighted by atomic mass is 35.5. The van der Waals surface area contributed by atoms with Crippen molar-refractivity contribution in [3.05, 3.63) is 28.8 Å². The van der Waals surface area contributed by atoms with Crippen molar-refractivity contribution in [1.82, 2.24) is 4.90 Å². The van der Waals surface area contributed by atoms with Crippen LogP contribution in [0.25, 0.3) is 0 Å². The van der Waals surface area contributed by atoms with E-state index in [2.05, 4.69) is 5.32 Å². The third-order valence-electron chi connectivity index (χ3n) is 3.82. The Labute approximate surface area is 135 Å². The molecule has 1 saturated heterocycles. The van der Waals surface area contributed by atoms with Gasteiger partial charge in [0.1, 0.15) is 0 Å². The van der Waals surface area contributed by atoms with Gasteiger partial charge in [-0.05, 0) is 38.5 Å². The van der Waals surface area contributed by atoms with E-state index >= 15 is 0 Å². The van der Waals surface area contributed by atoms with Crippen LogP contribution in [0.3, 0.4) is 0 Å². The van der Waals surface area contributed by atoms with Gasteiger partial charge in [-0.15, -0.1) is 0 Å². The Balaban J connectivity index is 2.16. The van der Waals surface area contributed by atoms with Crippen LogP contribution in [-0.4, -0.2) is 43.0 Å². The average molecular weight is 325 g/mol. The van der Waals surface area contributed by atoms with Crippen molar-refractivity contribution in [3.8, 4) is 0 Å². The fourth-order valence-electron chi connectivity index (χ4n) is 2.42. The van der Waals surface area contributed by atoms with E-state index in [4.69, 9.17) is 16.3 Å². The largest absolute Gasteiger partial charge is 0.381 e. The molecular formula is C16H21ClN2O3. The second-order valence-electron chi connectivity index (χ2n) is 5.22. The van der Waals surface area contributed by atoms with Gasteiger partial charge >= 0.3 is 0 Å². The first-order valence-electron chi connectivity index (χ1n) is 7.54. The molecule has 1 aliphatic rings. The lowest BCUT2D eigenvalue weighted by atomic mass is 10.1. The van der Waals surface area contributed by atoms with Crippen LogP contribution in [0.5, 0.6) is 0 Å². The number of carbonyl (C=O) groups excluding carboxylic acids is 2. The van der Waals surface area contributed by atoms with Crippen molar-refractivity contribution in [2.24, 2.45) is 5.92 Å². The van der Waals surface area contributed by atoms with Crippen LogP contribution in [0.4, 0.5) is 5.69 Å². The fraction of sp³-hybridized carbons (Fsp3) is 0.500. The summed E-state index contributed by atoms with van der Waals surface area (Å²) in [5.41, 5.74) is 0.989. The fourth-order valence-corrected chi connectivity index (χ4v) is 2.59. The number of rotatable bonds is 5. The summed E-state index contributed by atoms with van der Waals surface area (Å²) in [5.74, 6) is -0.341. The Hall–Kier alpha value is -1.59. The van der Waals surface area contributed by atoms with Crippen molar-refractivity contribution in [3.63, 3.8) is 0 Å². The molecule has 22 heavy (non-hydrogen) atoms. The minimum Gasteiger partial charge on any atom is -0.381 e. The first-order valence-corrected chi connectivity index (χ1v) is 7.92. The Kier molecular flexibility index (Phi) is 5.80. The quantitative estimate of drug-likeness (QED) is 0.906. The molecule has 0 aliphatic carbocycles. The van der Waals surface area contributed by atoms with Crippen LogP contribution >= 0.6 is 11.6 Å². The molecule has 1 heterocycles. The minimum atomic E-state index is -0.154. The van der Waals surface area contributed by atoms with E-state index in [1.165, 1.54) is 0 Å². The molecule has 1 fully saturated rings. The monoisotopic (exact) mass is 324 g/mol. The summed E-state index contributed by atoms with van der Waals surface area (Å²) in [4.78, 5) is 26.2. The molecule has 1 N–H and O–H groups in total. The van der Waals surface area contributed by atoms with Gasteiger partial charge in [0.15, 0.2) is 0 Å². The standard InChI is InChI=1S/C16H21ClN2O3/c1-3-19(4-2)16(21)11-5-6-13(17)14(9-11)18-15(20)12-7-8-22-10-12/h5-6,9,12H,3-4,7-8,10H2,1-2H3,(H,18,20)/t12-/m0/s1. The molecule has 1 atom stereocenters. The summed E-state index contributed by atoms with van der Waals surface area (Å²) in [6.45, 7) is 6.17. The van der Waals surface area contributed by atoms with Crippen LogP contribution in [0.1, 0.15) is 30.6 Å². The van der Waals surface area contributed by atoms with Gasteiger partial charge in [-0.3, -0.25) is 9.59 Å². The number of halogens is 1. The predicted octanol–water partition coefficient (Wildman–Crippen LogP) is 2.80. The van der Waals surface area contributed by atoms with Crippen LogP contribution in [-0.2, 0) is 9.53 Å². The number of amides is 2. The first kappa shape index (κ1) is 16.8. The van der Waals surface area contributed by atoms with Crippen molar-refractivity contribution < 1.29 is 14.3 Å². The minimum absolute atomic E-state index is 0.0682. The lowest BCUT2D eigenvalue weighted by molar-refractivity contribution is -0.119. The summed E-state index contributed by atoms with van der Waals surface area (Å²) in [5, 5.41) is 3.22. The number of nitrogens with zero attached hydrogens (tertiary/aromatic N) is 1. The van der Waals surface area contributed by atoms with E-state index in [0.29, 0.717) is 49.0 Å². The SMILES string of the molecule is CCN(CC)C(=O)c1ccc(Cl)c(NC(=O)[C@H]2CCOC2)c1. The second-order valence-corrected chi connectivity index (χ2v) is 5.63. The molecular weight excluding hydrogens is 304 g/mol. The maximum absolute atomic E-state index is 12.4. The van der Waals surface area contributed by atoms with E-state index in [0.717, 1.165) is 0 Å². The molecule has 6 heteroatoms. The van der Waals surface area contributed by atoms with Crippen LogP contribution < -0.4 is 5.32 Å². The highest BCUT2D eigenvalue weighted by molar-refractivity contribution is 6.33. The molecule has 2 rings (SSSR count). The van der Waals surface area contributed by atoms with E-state index < -0.39 is 0 Å². The number of hydrogen-bond donors (Lipinski definition) is 1. The Morgan fingerprint density at radius 2 is 2.09 bits per heavy atom. The number of carbonyl (C=O) groups is 2. The number of nitrogens with one attached hydrogen (secondary N) is 1. The van der Waals surface area contributed by atoms with Gasteiger partial charge in [-0.2, -0.15) is 0 Å². The zero-order valence-electron chi connectivity index (χ0n) is 12.9. The summed E-state index contributed by atoms with van der Waals surface area (Å²) in [6, 6.07) is 4.95. The van der Waals surface area contributed by atoms with E-state index in [1.54, 1.807) is 23.1 Å². The molecule has 0 bridgehead atoms. The zero-order valence-corrected chi connectivity index (χ0v) is 13.7. The normalized spacial score (nSPS) is 17.3. The van der Waals surface area contributed by atoms with E-state index in [-0.39, 0.29) is 17.7 Å². The molecule has 5 nitrogen and oxygen atoms in total. The maximum Gasteiger partial charge on any atom is 0.253 e. The Bertz CT molecular complexity index is 552. The van der Waals surface area contributed by atoms with Gasteiger partial charge in [0.05, 0.1) is 23.2 Å². The van der Waals surface area contributed by atoms with Gasteiger partial charge < -0.3 is 15.0 Å². The van der Waals surface area contributed by atoms with Gasteiger partial charge in [0.25, 0.3) is 5.91 Å². The number of ether oxygens (including phenoxy) is 1. The summed E-state index contributed by atoms with van der Waals surface area (Å²) < 4.78 is 5.21. The molecule has 120 valence electrons. The lowest BCUT2D eigenvalue weighted by Crippen LogP contribution is -2.30. The topological polar surface area (TPSA) is 58.6 Å². The number of benzene rings is 1. The maximum atomic E-state index is 12.4. The van der Waals surface area contributed by atoms with Crippen LogP contribution in [0.15, 0.2) is 18.2 Å². The summed E-state index contributed by atoms with van der Waals surface area (Å²) in [7, 11) is 0. The van der Waals surface area contributed by atoms with Crippen LogP contribution in [0, 0.1) is 5.92 Å². The third kappa shape index (κ3) is 3.78. The zero-order chi connectivity index (χ0) is 16.1. The van der Waals surface area contributed by atoms with Crippen molar-refractivity contribution in [2.75, 3.05) is 31.6 Å². The highest BCUT2D eigenvalue weighted by Crippen LogP contribution is 2.25. The molecule has 0 saturated carbocycles. The molecule has 0 aromatic heterocycles. The van der Waals surface area contributed by atoms with Gasteiger partial charge in [0, 0.05) is 25.3 Å². The van der Waals surface area contributed by atoms with Crippen molar-refractivity contribution in [2.45, 2.75) is 20.3 Å². The molecule has 2 amide bonds. The van der Waals surface area contributed by atoms with E-state index in [1.807, 2.05) is 13.8 Å². The average Bonchev–Trinajstić information content (AvgIpc) is 3.05. The number of anilines is 1. The van der Waals surface area contributed by atoms with Gasteiger partial charge in [-0.1, -0.05) is 11.6 Å².